The third-order valence-corrected chi connectivity index (χ3v) is 2.57. The number of rotatable bonds is 1. The van der Waals surface area contributed by atoms with Crippen molar-refractivity contribution < 1.29 is 4.79 Å². The minimum absolute atomic E-state index is 0.178. The molecule has 1 aliphatic heterocycles. The highest BCUT2D eigenvalue weighted by Crippen LogP contribution is 2.24. The lowest BCUT2D eigenvalue weighted by Gasteiger charge is -2.22. The maximum atomic E-state index is 10.7. The van der Waals surface area contributed by atoms with Crippen LogP contribution < -0.4 is 5.32 Å². The van der Waals surface area contributed by atoms with E-state index >= 15 is 0 Å². The minimum Gasteiger partial charge on any atom is -0.304 e. The summed E-state index contributed by atoms with van der Waals surface area (Å²) in [5, 5.41) is 3.81. The molecule has 1 aromatic rings. The molecular formula is C10H10ClNO. The zero-order valence-electron chi connectivity index (χ0n) is 7.09. The number of fused-ring (bicyclic) bond motifs is 1. The van der Waals surface area contributed by atoms with E-state index in [0.29, 0.717) is 5.02 Å². The van der Waals surface area contributed by atoms with Crippen molar-refractivity contribution >= 4 is 17.9 Å². The second-order valence-electron chi connectivity index (χ2n) is 3.16. The Morgan fingerprint density at radius 2 is 2.38 bits per heavy atom. The molecule has 0 aromatic heterocycles. The maximum absolute atomic E-state index is 10.7. The van der Waals surface area contributed by atoms with E-state index in [4.69, 9.17) is 11.6 Å². The third-order valence-electron chi connectivity index (χ3n) is 2.34. The molecule has 0 radical (unpaired) electrons. The lowest BCUT2D eigenvalue weighted by molar-refractivity contribution is -0.109. The van der Waals surface area contributed by atoms with Crippen LogP contribution in [-0.2, 0) is 11.2 Å². The average molecular weight is 196 g/mol. The number of nitrogens with one attached hydrogen (secondary N) is 1. The number of carbonyl (C=O) groups is 1. The van der Waals surface area contributed by atoms with E-state index in [2.05, 4.69) is 5.32 Å². The minimum atomic E-state index is -0.178. The molecule has 1 N–H and O–H groups in total. The normalized spacial score (nSPS) is 20.8. The summed E-state index contributed by atoms with van der Waals surface area (Å²) >= 11 is 5.86. The number of carbonyl (C=O) groups excluding carboxylic acids is 1. The zero-order chi connectivity index (χ0) is 9.26. The van der Waals surface area contributed by atoms with E-state index in [0.717, 1.165) is 24.8 Å². The van der Waals surface area contributed by atoms with E-state index < -0.39 is 0 Å². The van der Waals surface area contributed by atoms with Gasteiger partial charge in [0.1, 0.15) is 6.29 Å². The first-order valence-corrected chi connectivity index (χ1v) is 4.66. The number of hydrogen-bond acceptors (Lipinski definition) is 2. The van der Waals surface area contributed by atoms with Crippen molar-refractivity contribution in [3.63, 3.8) is 0 Å². The molecule has 1 unspecified atom stereocenters. The third kappa shape index (κ3) is 1.60. The Hall–Kier alpha value is -0.860. The van der Waals surface area contributed by atoms with Gasteiger partial charge in [0.2, 0.25) is 0 Å². The molecule has 1 atom stereocenters. The van der Waals surface area contributed by atoms with Crippen LogP contribution in [0.25, 0.3) is 0 Å². The molecule has 0 saturated carbocycles. The summed E-state index contributed by atoms with van der Waals surface area (Å²) in [6, 6.07) is 5.55. The topological polar surface area (TPSA) is 29.1 Å². The molecule has 1 aromatic carbocycles. The van der Waals surface area contributed by atoms with Gasteiger partial charge in [-0.05, 0) is 29.7 Å². The predicted octanol–water partition coefficient (Wildman–Crippen LogP) is 1.73. The second kappa shape index (κ2) is 3.48. The van der Waals surface area contributed by atoms with Crippen LogP contribution in [-0.4, -0.2) is 12.8 Å². The van der Waals surface area contributed by atoms with Gasteiger partial charge in [-0.15, -0.1) is 0 Å². The molecule has 13 heavy (non-hydrogen) atoms. The first kappa shape index (κ1) is 8.73. The van der Waals surface area contributed by atoms with Crippen molar-refractivity contribution in [2.75, 3.05) is 6.54 Å². The van der Waals surface area contributed by atoms with E-state index in [1.165, 1.54) is 5.56 Å². The van der Waals surface area contributed by atoms with E-state index in [1.54, 1.807) is 0 Å². The van der Waals surface area contributed by atoms with Crippen LogP contribution in [0.15, 0.2) is 18.2 Å². The Morgan fingerprint density at radius 1 is 1.54 bits per heavy atom. The largest absolute Gasteiger partial charge is 0.304 e. The summed E-state index contributed by atoms with van der Waals surface area (Å²) in [6.45, 7) is 0.859. The van der Waals surface area contributed by atoms with Gasteiger partial charge in [-0.3, -0.25) is 0 Å². The van der Waals surface area contributed by atoms with Crippen LogP contribution in [0, 0.1) is 0 Å². The van der Waals surface area contributed by atoms with Crippen LogP contribution >= 0.6 is 11.6 Å². The summed E-state index contributed by atoms with van der Waals surface area (Å²) in [5.41, 5.74) is 2.24. The van der Waals surface area contributed by atoms with E-state index in [9.17, 15) is 4.79 Å². The molecule has 2 nitrogen and oxygen atoms in total. The van der Waals surface area contributed by atoms with Gasteiger partial charge in [-0.2, -0.15) is 0 Å². The van der Waals surface area contributed by atoms with Crippen LogP contribution in [0.1, 0.15) is 17.2 Å². The molecule has 1 aliphatic rings. The number of hydrogen-bond donors (Lipinski definition) is 1. The predicted molar refractivity (Wildman–Crippen MR) is 52.0 cm³/mol. The highest BCUT2D eigenvalue weighted by molar-refractivity contribution is 6.30. The van der Waals surface area contributed by atoms with Gasteiger partial charge in [0.05, 0.1) is 6.04 Å². The highest BCUT2D eigenvalue weighted by atomic mass is 35.5. The number of aldehydes is 1. The Balaban J connectivity index is 2.47. The summed E-state index contributed by atoms with van der Waals surface area (Å²) in [5.74, 6) is 0. The van der Waals surface area contributed by atoms with Gasteiger partial charge >= 0.3 is 0 Å². The quantitative estimate of drug-likeness (QED) is 0.692. The highest BCUT2D eigenvalue weighted by Gasteiger charge is 2.18. The molecule has 1 heterocycles. The molecule has 0 spiro atoms. The van der Waals surface area contributed by atoms with Gasteiger partial charge in [-0.1, -0.05) is 17.7 Å². The first-order chi connectivity index (χ1) is 6.31. The van der Waals surface area contributed by atoms with E-state index in [1.807, 2.05) is 18.2 Å². The van der Waals surface area contributed by atoms with Crippen molar-refractivity contribution in [1.29, 1.82) is 0 Å². The second-order valence-corrected chi connectivity index (χ2v) is 3.60. The van der Waals surface area contributed by atoms with Crippen molar-refractivity contribution in [3.05, 3.63) is 34.3 Å². The fourth-order valence-corrected chi connectivity index (χ4v) is 1.86. The average Bonchev–Trinajstić information content (AvgIpc) is 2.17. The maximum Gasteiger partial charge on any atom is 0.141 e. The molecule has 2 rings (SSSR count). The van der Waals surface area contributed by atoms with Crippen molar-refractivity contribution in [2.24, 2.45) is 0 Å². The van der Waals surface area contributed by atoms with Gasteiger partial charge in [-0.25, -0.2) is 0 Å². The summed E-state index contributed by atoms with van der Waals surface area (Å²) in [6.07, 6.45) is 1.89. The molecule has 68 valence electrons. The van der Waals surface area contributed by atoms with Crippen LogP contribution in [0.4, 0.5) is 0 Å². The monoisotopic (exact) mass is 195 g/mol. The van der Waals surface area contributed by atoms with Crippen LogP contribution in [0.3, 0.4) is 0 Å². The Labute approximate surface area is 81.9 Å². The first-order valence-electron chi connectivity index (χ1n) is 4.28. The summed E-state index contributed by atoms with van der Waals surface area (Å²) in [4.78, 5) is 10.7. The molecule has 0 fully saturated rings. The molecule has 0 bridgehead atoms. The van der Waals surface area contributed by atoms with Crippen LogP contribution in [0.2, 0.25) is 5.02 Å². The lowest BCUT2D eigenvalue weighted by Crippen LogP contribution is -2.30. The Bertz CT molecular complexity index is 338. The van der Waals surface area contributed by atoms with Gasteiger partial charge in [0.25, 0.3) is 0 Å². The molecule has 0 aliphatic carbocycles. The van der Waals surface area contributed by atoms with Gasteiger partial charge in [0, 0.05) is 11.6 Å². The Kier molecular flexibility index (Phi) is 2.34. The number of halogens is 1. The lowest BCUT2D eigenvalue weighted by atomic mass is 9.95. The fourth-order valence-electron chi connectivity index (χ4n) is 1.68. The molecule has 3 heteroatoms. The summed E-state index contributed by atoms with van der Waals surface area (Å²) in [7, 11) is 0. The zero-order valence-corrected chi connectivity index (χ0v) is 7.84. The van der Waals surface area contributed by atoms with Crippen LogP contribution in [0.5, 0.6) is 0 Å². The Morgan fingerprint density at radius 3 is 3.15 bits per heavy atom. The number of benzene rings is 1. The van der Waals surface area contributed by atoms with Crippen molar-refractivity contribution in [2.45, 2.75) is 12.5 Å². The molecule has 0 amide bonds. The molecule has 0 saturated heterocycles. The van der Waals surface area contributed by atoms with Gasteiger partial charge in [0.15, 0.2) is 0 Å². The standard InChI is InChI=1S/C10H10ClNO/c11-8-2-1-7-3-4-12-10(6-13)9(7)5-8/h1-2,5-6,10,12H,3-4H2. The van der Waals surface area contributed by atoms with Crippen molar-refractivity contribution in [1.82, 2.24) is 5.32 Å². The fraction of sp³-hybridized carbons (Fsp3) is 0.300. The summed E-state index contributed by atoms with van der Waals surface area (Å²) < 4.78 is 0. The van der Waals surface area contributed by atoms with Crippen molar-refractivity contribution in [3.8, 4) is 0 Å². The van der Waals surface area contributed by atoms with E-state index in [-0.39, 0.29) is 6.04 Å². The smallest absolute Gasteiger partial charge is 0.141 e. The molecular weight excluding hydrogens is 186 g/mol. The SMILES string of the molecule is O=CC1NCCc2ccc(Cl)cc21. The van der Waals surface area contributed by atoms with Gasteiger partial charge < -0.3 is 10.1 Å².